The van der Waals surface area contributed by atoms with Crippen LogP contribution in [0.2, 0.25) is 0 Å². The zero-order valence-corrected chi connectivity index (χ0v) is 11.8. The highest BCUT2D eigenvalue weighted by Gasteiger charge is 2.19. The van der Waals surface area contributed by atoms with Gasteiger partial charge in [-0.25, -0.2) is 13.1 Å². The monoisotopic (exact) mass is 264 g/mol. The summed E-state index contributed by atoms with van der Waals surface area (Å²) in [5.74, 6) is 0.185. The van der Waals surface area contributed by atoms with E-state index in [9.17, 15) is 8.42 Å². The van der Waals surface area contributed by atoms with Gasteiger partial charge < -0.3 is 10.1 Å². The average molecular weight is 264 g/mol. The molecular formula is C11H24N2O3S. The Morgan fingerprint density at radius 3 is 2.65 bits per heavy atom. The van der Waals surface area contributed by atoms with Crippen LogP contribution in [0, 0.1) is 5.41 Å². The summed E-state index contributed by atoms with van der Waals surface area (Å²) in [5.41, 5.74) is 0.0426. The van der Waals surface area contributed by atoms with Crippen LogP contribution in [0.25, 0.3) is 0 Å². The van der Waals surface area contributed by atoms with Crippen LogP contribution in [0.1, 0.15) is 27.2 Å². The Balaban J connectivity index is 2.28. The van der Waals surface area contributed by atoms with E-state index in [1.807, 2.05) is 20.8 Å². The van der Waals surface area contributed by atoms with Crippen molar-refractivity contribution in [2.45, 2.75) is 33.2 Å². The molecule has 0 aromatic carbocycles. The van der Waals surface area contributed by atoms with Gasteiger partial charge in [0.15, 0.2) is 0 Å². The smallest absolute Gasteiger partial charge is 0.211 e. The van der Waals surface area contributed by atoms with E-state index in [1.54, 1.807) is 0 Å². The molecule has 1 atom stereocenters. The molecule has 102 valence electrons. The normalized spacial score (nSPS) is 22.6. The zero-order chi connectivity index (χ0) is 12.9. The molecule has 1 aliphatic heterocycles. The maximum absolute atomic E-state index is 11.7. The summed E-state index contributed by atoms with van der Waals surface area (Å²) in [7, 11) is -3.16. The van der Waals surface area contributed by atoms with Gasteiger partial charge in [-0.2, -0.15) is 0 Å². The average Bonchev–Trinajstić information content (AvgIpc) is 2.25. The quantitative estimate of drug-likeness (QED) is 0.751. The van der Waals surface area contributed by atoms with Gasteiger partial charge in [0.05, 0.1) is 19.0 Å². The second-order valence-electron chi connectivity index (χ2n) is 5.70. The molecule has 0 aromatic rings. The molecule has 0 aromatic heterocycles. The van der Waals surface area contributed by atoms with Crippen molar-refractivity contribution >= 4 is 10.0 Å². The summed E-state index contributed by atoms with van der Waals surface area (Å²) >= 11 is 0. The van der Waals surface area contributed by atoms with Crippen LogP contribution in [-0.2, 0) is 14.8 Å². The van der Waals surface area contributed by atoms with E-state index in [4.69, 9.17) is 4.74 Å². The van der Waals surface area contributed by atoms with Crippen molar-refractivity contribution in [2.75, 3.05) is 32.1 Å². The van der Waals surface area contributed by atoms with Crippen molar-refractivity contribution in [3.05, 3.63) is 0 Å². The lowest BCUT2D eigenvalue weighted by Gasteiger charge is -2.24. The molecule has 1 saturated heterocycles. The van der Waals surface area contributed by atoms with Crippen molar-refractivity contribution in [1.29, 1.82) is 0 Å². The second-order valence-corrected chi connectivity index (χ2v) is 7.63. The molecule has 0 spiro atoms. The Morgan fingerprint density at radius 2 is 2.12 bits per heavy atom. The molecule has 0 aliphatic carbocycles. The summed E-state index contributed by atoms with van der Waals surface area (Å²) in [4.78, 5) is 0. The number of hydrogen-bond acceptors (Lipinski definition) is 4. The predicted molar refractivity (Wildman–Crippen MR) is 68.5 cm³/mol. The SMILES string of the molecule is CC(C)(C)CCS(=O)(=O)NCC1COCCN1. The highest BCUT2D eigenvalue weighted by Crippen LogP contribution is 2.18. The molecule has 0 bridgehead atoms. The molecule has 5 nitrogen and oxygen atoms in total. The van der Waals surface area contributed by atoms with E-state index >= 15 is 0 Å². The molecule has 2 N–H and O–H groups in total. The Labute approximate surface area is 104 Å². The predicted octanol–water partition coefficient (Wildman–Crippen LogP) is 0.330. The number of sulfonamides is 1. The molecule has 6 heteroatoms. The highest BCUT2D eigenvalue weighted by molar-refractivity contribution is 7.89. The van der Waals surface area contributed by atoms with Gasteiger partial charge in [-0.1, -0.05) is 20.8 Å². The van der Waals surface area contributed by atoms with E-state index in [0.29, 0.717) is 26.2 Å². The number of ether oxygens (including phenoxy) is 1. The van der Waals surface area contributed by atoms with E-state index < -0.39 is 10.0 Å². The third-order valence-electron chi connectivity index (χ3n) is 2.67. The Bertz CT molecular complexity index is 316. The third kappa shape index (κ3) is 6.98. The van der Waals surface area contributed by atoms with Crippen molar-refractivity contribution in [3.63, 3.8) is 0 Å². The van der Waals surface area contributed by atoms with Gasteiger partial charge in [0, 0.05) is 19.1 Å². The lowest BCUT2D eigenvalue weighted by molar-refractivity contribution is 0.0784. The van der Waals surface area contributed by atoms with E-state index in [2.05, 4.69) is 10.0 Å². The van der Waals surface area contributed by atoms with Crippen LogP contribution in [0.4, 0.5) is 0 Å². The fourth-order valence-electron chi connectivity index (χ4n) is 1.49. The van der Waals surface area contributed by atoms with Crippen molar-refractivity contribution in [3.8, 4) is 0 Å². The van der Waals surface area contributed by atoms with Gasteiger partial charge in [-0.05, 0) is 11.8 Å². The first-order chi connectivity index (χ1) is 7.79. The summed E-state index contributed by atoms with van der Waals surface area (Å²) in [6.45, 7) is 8.59. The van der Waals surface area contributed by atoms with Crippen LogP contribution >= 0.6 is 0 Å². The topological polar surface area (TPSA) is 67.4 Å². The molecular weight excluding hydrogens is 240 g/mol. The summed E-state index contributed by atoms with van der Waals surface area (Å²) in [6, 6.07) is 0.0909. The van der Waals surface area contributed by atoms with Crippen LogP contribution in [0.3, 0.4) is 0 Å². The maximum atomic E-state index is 11.7. The first-order valence-electron chi connectivity index (χ1n) is 6.07. The molecule has 1 rings (SSSR count). The molecule has 17 heavy (non-hydrogen) atoms. The summed E-state index contributed by atoms with van der Waals surface area (Å²) in [6.07, 6.45) is 0.664. The van der Waals surface area contributed by atoms with Gasteiger partial charge >= 0.3 is 0 Å². The summed E-state index contributed by atoms with van der Waals surface area (Å²) < 4.78 is 31.4. The zero-order valence-electron chi connectivity index (χ0n) is 11.0. The minimum absolute atomic E-state index is 0.0426. The number of hydrogen-bond donors (Lipinski definition) is 2. The first kappa shape index (κ1) is 14.9. The van der Waals surface area contributed by atoms with E-state index in [-0.39, 0.29) is 17.2 Å². The molecule has 0 radical (unpaired) electrons. The molecule has 1 heterocycles. The Kier molecular flexibility index (Phi) is 5.37. The van der Waals surface area contributed by atoms with Crippen LogP contribution in [0.5, 0.6) is 0 Å². The standard InChI is InChI=1S/C11H24N2O3S/c1-11(2,3)4-7-17(14,15)13-8-10-9-16-6-5-12-10/h10,12-13H,4-9H2,1-3H3. The molecule has 0 amide bonds. The lowest BCUT2D eigenvalue weighted by atomic mass is 9.94. The molecule has 0 saturated carbocycles. The number of nitrogens with one attached hydrogen (secondary N) is 2. The summed E-state index contributed by atoms with van der Waals surface area (Å²) in [5, 5.41) is 3.21. The Morgan fingerprint density at radius 1 is 1.41 bits per heavy atom. The van der Waals surface area contributed by atoms with Crippen molar-refractivity contribution in [1.82, 2.24) is 10.0 Å². The fraction of sp³-hybridized carbons (Fsp3) is 1.00. The number of morpholine rings is 1. The van der Waals surface area contributed by atoms with E-state index in [0.717, 1.165) is 6.54 Å². The van der Waals surface area contributed by atoms with Gasteiger partial charge in [-0.15, -0.1) is 0 Å². The molecule has 1 fully saturated rings. The third-order valence-corrected chi connectivity index (χ3v) is 4.02. The van der Waals surface area contributed by atoms with Gasteiger partial charge in [-0.3, -0.25) is 0 Å². The van der Waals surface area contributed by atoms with Crippen molar-refractivity contribution < 1.29 is 13.2 Å². The van der Waals surface area contributed by atoms with Crippen molar-refractivity contribution in [2.24, 2.45) is 5.41 Å². The largest absolute Gasteiger partial charge is 0.378 e. The fourth-order valence-corrected chi connectivity index (χ4v) is 2.97. The van der Waals surface area contributed by atoms with Crippen LogP contribution in [0.15, 0.2) is 0 Å². The van der Waals surface area contributed by atoms with Gasteiger partial charge in [0.1, 0.15) is 0 Å². The lowest BCUT2D eigenvalue weighted by Crippen LogP contribution is -2.48. The van der Waals surface area contributed by atoms with E-state index in [1.165, 1.54) is 0 Å². The Hall–Kier alpha value is -0.170. The van der Waals surface area contributed by atoms with Crippen LogP contribution < -0.4 is 10.0 Å². The van der Waals surface area contributed by atoms with Crippen LogP contribution in [-0.4, -0.2) is 46.5 Å². The van der Waals surface area contributed by atoms with Gasteiger partial charge in [0.2, 0.25) is 10.0 Å². The van der Waals surface area contributed by atoms with Gasteiger partial charge in [0.25, 0.3) is 0 Å². The molecule has 1 aliphatic rings. The molecule has 1 unspecified atom stereocenters. The minimum Gasteiger partial charge on any atom is -0.378 e. The number of rotatable bonds is 5. The maximum Gasteiger partial charge on any atom is 0.211 e. The minimum atomic E-state index is -3.16. The second kappa shape index (κ2) is 6.13. The highest BCUT2D eigenvalue weighted by atomic mass is 32.2. The first-order valence-corrected chi connectivity index (χ1v) is 7.72.